The van der Waals surface area contributed by atoms with Crippen LogP contribution in [0.5, 0.6) is 0 Å². The molecule has 0 aliphatic carbocycles. The van der Waals surface area contributed by atoms with Gasteiger partial charge in [0.1, 0.15) is 0 Å². The zero-order valence-corrected chi connectivity index (χ0v) is 14.8. The highest BCUT2D eigenvalue weighted by atomic mass is 35.5. The number of nitrogens with one attached hydrogen (secondary N) is 2. The van der Waals surface area contributed by atoms with Gasteiger partial charge in [-0.05, 0) is 36.4 Å². The summed E-state index contributed by atoms with van der Waals surface area (Å²) < 4.78 is 0. The molecule has 3 rings (SSSR count). The van der Waals surface area contributed by atoms with Gasteiger partial charge in [0, 0.05) is 12.4 Å². The van der Waals surface area contributed by atoms with E-state index in [2.05, 4.69) is 20.6 Å². The van der Waals surface area contributed by atoms with Crippen LogP contribution in [0, 0.1) is 0 Å². The lowest BCUT2D eigenvalue weighted by molar-refractivity contribution is 0.0990. The zero-order valence-electron chi connectivity index (χ0n) is 13.2. The summed E-state index contributed by atoms with van der Waals surface area (Å²) >= 11 is 11.9. The fourth-order valence-corrected chi connectivity index (χ4v) is 2.55. The van der Waals surface area contributed by atoms with Crippen LogP contribution in [-0.2, 0) is 0 Å². The molecule has 6 nitrogen and oxygen atoms in total. The third kappa shape index (κ3) is 3.99. The van der Waals surface area contributed by atoms with Gasteiger partial charge in [0.05, 0.1) is 22.5 Å². The van der Waals surface area contributed by atoms with Crippen LogP contribution in [0.1, 0.15) is 20.7 Å². The van der Waals surface area contributed by atoms with Gasteiger partial charge in [0.15, 0.2) is 10.3 Å². The molecule has 0 aliphatic heterocycles. The molecule has 1 aromatic carbocycles. The Morgan fingerprint density at radius 1 is 0.692 bits per heavy atom. The second kappa shape index (κ2) is 7.95. The Hall–Kier alpha value is -2.96. The number of nitrogens with zero attached hydrogens (tertiary/aromatic N) is 2. The molecule has 130 valence electrons. The summed E-state index contributed by atoms with van der Waals surface area (Å²) in [5, 5.41) is 5.61. The summed E-state index contributed by atoms with van der Waals surface area (Å²) in [4.78, 5) is 33.0. The molecular weight excluding hydrogens is 375 g/mol. The Kier molecular flexibility index (Phi) is 5.46. The minimum atomic E-state index is -0.483. The molecule has 0 saturated heterocycles. The molecule has 3 aromatic rings. The number of anilines is 2. The van der Waals surface area contributed by atoms with Crippen molar-refractivity contribution in [1.82, 2.24) is 9.97 Å². The molecular formula is C18H12Cl2N4O2. The Balaban J connectivity index is 1.86. The van der Waals surface area contributed by atoms with Crippen molar-refractivity contribution >= 4 is 46.4 Å². The normalized spacial score (nSPS) is 10.2. The van der Waals surface area contributed by atoms with Gasteiger partial charge >= 0.3 is 0 Å². The number of halogens is 2. The molecule has 8 heteroatoms. The van der Waals surface area contributed by atoms with E-state index in [1.165, 1.54) is 12.4 Å². The number of rotatable bonds is 4. The van der Waals surface area contributed by atoms with Crippen LogP contribution in [0.2, 0.25) is 10.3 Å². The van der Waals surface area contributed by atoms with E-state index in [9.17, 15) is 9.59 Å². The van der Waals surface area contributed by atoms with Crippen molar-refractivity contribution in [3.8, 4) is 0 Å². The van der Waals surface area contributed by atoms with Crippen LogP contribution < -0.4 is 10.6 Å². The molecule has 2 amide bonds. The van der Waals surface area contributed by atoms with Crippen LogP contribution in [0.25, 0.3) is 0 Å². The Morgan fingerprint density at radius 2 is 1.12 bits per heavy atom. The second-order valence-electron chi connectivity index (χ2n) is 5.14. The van der Waals surface area contributed by atoms with Crippen molar-refractivity contribution in [2.75, 3.05) is 10.6 Å². The van der Waals surface area contributed by atoms with Crippen molar-refractivity contribution in [3.05, 3.63) is 82.4 Å². The average molecular weight is 387 g/mol. The highest BCUT2D eigenvalue weighted by Gasteiger charge is 2.18. The van der Waals surface area contributed by atoms with Gasteiger partial charge in [0.25, 0.3) is 11.8 Å². The number of pyridine rings is 2. The largest absolute Gasteiger partial charge is 0.319 e. The number of hydrogen-bond donors (Lipinski definition) is 2. The van der Waals surface area contributed by atoms with Crippen LogP contribution in [0.3, 0.4) is 0 Å². The summed E-state index contributed by atoms with van der Waals surface area (Å²) in [6.07, 6.45) is 3.02. The summed E-state index contributed by atoms with van der Waals surface area (Å²) in [6.45, 7) is 0. The van der Waals surface area contributed by atoms with E-state index >= 15 is 0 Å². The third-order valence-electron chi connectivity index (χ3n) is 3.43. The Morgan fingerprint density at radius 3 is 1.50 bits per heavy atom. The first-order valence-corrected chi connectivity index (χ1v) is 8.24. The highest BCUT2D eigenvalue weighted by Crippen LogP contribution is 2.21. The fourth-order valence-electron chi connectivity index (χ4n) is 2.22. The van der Waals surface area contributed by atoms with E-state index in [0.717, 1.165) is 0 Å². The first kappa shape index (κ1) is 17.8. The zero-order chi connectivity index (χ0) is 18.5. The predicted octanol–water partition coefficient (Wildman–Crippen LogP) is 4.29. The molecule has 0 atom stereocenters. The smallest absolute Gasteiger partial charge is 0.256 e. The van der Waals surface area contributed by atoms with Gasteiger partial charge in [-0.1, -0.05) is 35.3 Å². The second-order valence-corrected chi connectivity index (χ2v) is 5.85. The number of carbonyl (C=O) groups is 2. The standard InChI is InChI=1S/C18H12Cl2N4O2/c19-15-13(7-3-9-21-15)23-17(25)11-5-1-2-6-12(11)18(26)24-14-8-4-10-22-16(14)20/h1-10H,(H,23,25)(H,24,26). The third-order valence-corrected chi connectivity index (χ3v) is 4.03. The van der Waals surface area contributed by atoms with Crippen LogP contribution in [-0.4, -0.2) is 21.8 Å². The lowest BCUT2D eigenvalue weighted by Crippen LogP contribution is -2.20. The van der Waals surface area contributed by atoms with Crippen LogP contribution >= 0.6 is 23.2 Å². The lowest BCUT2D eigenvalue weighted by atomic mass is 10.1. The molecule has 0 bridgehead atoms. The topological polar surface area (TPSA) is 84.0 Å². The number of carbonyl (C=O) groups excluding carboxylic acids is 2. The van der Waals surface area contributed by atoms with Gasteiger partial charge in [-0.15, -0.1) is 0 Å². The van der Waals surface area contributed by atoms with Crippen molar-refractivity contribution in [1.29, 1.82) is 0 Å². The quantitative estimate of drug-likeness (QED) is 0.655. The summed E-state index contributed by atoms with van der Waals surface area (Å²) in [5.74, 6) is -0.967. The van der Waals surface area contributed by atoms with Crippen molar-refractivity contribution in [2.24, 2.45) is 0 Å². The van der Waals surface area contributed by atoms with E-state index in [-0.39, 0.29) is 21.4 Å². The van der Waals surface area contributed by atoms with Crippen LogP contribution in [0.4, 0.5) is 11.4 Å². The average Bonchev–Trinajstić information content (AvgIpc) is 2.65. The fraction of sp³-hybridized carbons (Fsp3) is 0. The minimum absolute atomic E-state index is 0.157. The molecule has 2 heterocycles. The Bertz CT molecular complexity index is 900. The van der Waals surface area contributed by atoms with E-state index in [1.807, 2.05) is 0 Å². The molecule has 0 unspecified atom stereocenters. The van der Waals surface area contributed by atoms with E-state index < -0.39 is 11.8 Å². The van der Waals surface area contributed by atoms with E-state index in [1.54, 1.807) is 48.5 Å². The monoisotopic (exact) mass is 386 g/mol. The lowest BCUT2D eigenvalue weighted by Gasteiger charge is -2.11. The maximum absolute atomic E-state index is 12.6. The first-order chi connectivity index (χ1) is 12.6. The molecule has 0 saturated carbocycles. The SMILES string of the molecule is O=C(Nc1cccnc1Cl)c1ccccc1C(=O)Nc1cccnc1Cl. The van der Waals surface area contributed by atoms with Gasteiger partial charge in [0.2, 0.25) is 0 Å². The molecule has 2 aromatic heterocycles. The molecule has 0 aliphatic rings. The molecule has 26 heavy (non-hydrogen) atoms. The first-order valence-electron chi connectivity index (χ1n) is 7.49. The van der Waals surface area contributed by atoms with E-state index in [0.29, 0.717) is 11.4 Å². The minimum Gasteiger partial charge on any atom is -0.319 e. The van der Waals surface area contributed by atoms with Crippen molar-refractivity contribution in [3.63, 3.8) is 0 Å². The van der Waals surface area contributed by atoms with Gasteiger partial charge in [-0.25, -0.2) is 9.97 Å². The van der Waals surface area contributed by atoms with Crippen LogP contribution in [0.15, 0.2) is 60.9 Å². The van der Waals surface area contributed by atoms with E-state index in [4.69, 9.17) is 23.2 Å². The molecule has 2 N–H and O–H groups in total. The summed E-state index contributed by atoms with van der Waals surface area (Å²) in [6, 6.07) is 12.9. The van der Waals surface area contributed by atoms with Crippen molar-refractivity contribution in [2.45, 2.75) is 0 Å². The van der Waals surface area contributed by atoms with Gasteiger partial charge in [-0.3, -0.25) is 9.59 Å². The van der Waals surface area contributed by atoms with Gasteiger partial charge in [-0.2, -0.15) is 0 Å². The highest BCUT2D eigenvalue weighted by molar-refractivity contribution is 6.33. The molecule has 0 fully saturated rings. The van der Waals surface area contributed by atoms with Crippen molar-refractivity contribution < 1.29 is 9.59 Å². The number of benzene rings is 1. The van der Waals surface area contributed by atoms with Gasteiger partial charge < -0.3 is 10.6 Å². The predicted molar refractivity (Wildman–Crippen MR) is 101 cm³/mol. The maximum Gasteiger partial charge on any atom is 0.256 e. The number of hydrogen-bond acceptors (Lipinski definition) is 4. The molecule has 0 radical (unpaired) electrons. The number of aromatic nitrogens is 2. The summed E-state index contributed by atoms with van der Waals surface area (Å²) in [7, 11) is 0. The molecule has 0 spiro atoms. The summed E-state index contributed by atoms with van der Waals surface area (Å²) in [5.41, 5.74) is 1.07. The maximum atomic E-state index is 12.6. The Labute approximate surface area is 159 Å². The number of amides is 2.